The highest BCUT2D eigenvalue weighted by Gasteiger charge is 2.07. The van der Waals surface area contributed by atoms with E-state index in [1.165, 1.54) is 11.1 Å². The van der Waals surface area contributed by atoms with Crippen molar-refractivity contribution in [2.45, 2.75) is 25.9 Å². The molecule has 2 rings (SSSR count). The van der Waals surface area contributed by atoms with E-state index in [-0.39, 0.29) is 0 Å². The van der Waals surface area contributed by atoms with E-state index in [2.05, 4.69) is 19.1 Å². The summed E-state index contributed by atoms with van der Waals surface area (Å²) in [5, 5.41) is 10.1. The van der Waals surface area contributed by atoms with Crippen LogP contribution in [0.2, 0.25) is 0 Å². The number of aliphatic hydroxyl groups is 1. The van der Waals surface area contributed by atoms with E-state index in [0.717, 1.165) is 12.0 Å². The Morgan fingerprint density at radius 1 is 0.882 bits per heavy atom. The summed E-state index contributed by atoms with van der Waals surface area (Å²) >= 11 is 0. The molecule has 1 N–H and O–H groups in total. The van der Waals surface area contributed by atoms with Crippen molar-refractivity contribution < 1.29 is 5.11 Å². The van der Waals surface area contributed by atoms with Gasteiger partial charge in [-0.3, -0.25) is 0 Å². The van der Waals surface area contributed by atoms with Gasteiger partial charge >= 0.3 is 0 Å². The van der Waals surface area contributed by atoms with Gasteiger partial charge in [-0.25, -0.2) is 0 Å². The van der Waals surface area contributed by atoms with Crippen LogP contribution in [0.4, 0.5) is 0 Å². The van der Waals surface area contributed by atoms with Gasteiger partial charge in [0.25, 0.3) is 0 Å². The molecule has 2 aromatic carbocycles. The molecule has 0 spiro atoms. The quantitative estimate of drug-likeness (QED) is 0.845. The standard InChI is InChI=1S/C16H18O/c1-2-13-8-10-15(11-9-13)16(17)12-14-6-4-3-5-7-14/h3-11,16-17H,2,12H2,1H3. The van der Waals surface area contributed by atoms with E-state index in [0.29, 0.717) is 6.42 Å². The van der Waals surface area contributed by atoms with Crippen LogP contribution < -0.4 is 0 Å². The number of hydrogen-bond donors (Lipinski definition) is 1. The zero-order chi connectivity index (χ0) is 12.1. The molecule has 0 amide bonds. The van der Waals surface area contributed by atoms with Gasteiger partial charge in [-0.2, -0.15) is 0 Å². The van der Waals surface area contributed by atoms with E-state index in [1.807, 2.05) is 42.5 Å². The van der Waals surface area contributed by atoms with Crippen molar-refractivity contribution in [3.05, 3.63) is 71.3 Å². The molecule has 88 valence electrons. The van der Waals surface area contributed by atoms with Crippen LogP contribution in [-0.2, 0) is 12.8 Å². The van der Waals surface area contributed by atoms with Crippen LogP contribution in [0.15, 0.2) is 54.6 Å². The van der Waals surface area contributed by atoms with Crippen LogP contribution in [0.5, 0.6) is 0 Å². The molecule has 1 heteroatoms. The summed E-state index contributed by atoms with van der Waals surface area (Å²) in [6.07, 6.45) is 1.30. The predicted molar refractivity (Wildman–Crippen MR) is 70.9 cm³/mol. The predicted octanol–water partition coefficient (Wildman–Crippen LogP) is 3.53. The fourth-order valence-corrected chi connectivity index (χ4v) is 1.93. The Morgan fingerprint density at radius 3 is 2.12 bits per heavy atom. The van der Waals surface area contributed by atoms with Crippen molar-refractivity contribution in [1.29, 1.82) is 0 Å². The molecule has 0 aliphatic heterocycles. The summed E-state index contributed by atoms with van der Waals surface area (Å²) in [6.45, 7) is 2.13. The Morgan fingerprint density at radius 2 is 1.53 bits per heavy atom. The van der Waals surface area contributed by atoms with Gasteiger partial charge in [0.05, 0.1) is 6.10 Å². The lowest BCUT2D eigenvalue weighted by Crippen LogP contribution is -2.01. The molecule has 0 radical (unpaired) electrons. The van der Waals surface area contributed by atoms with Gasteiger partial charge in [0, 0.05) is 6.42 Å². The third kappa shape index (κ3) is 3.18. The number of rotatable bonds is 4. The van der Waals surface area contributed by atoms with Crippen LogP contribution in [0.3, 0.4) is 0 Å². The van der Waals surface area contributed by atoms with E-state index in [4.69, 9.17) is 0 Å². The lowest BCUT2D eigenvalue weighted by Gasteiger charge is -2.11. The Balaban J connectivity index is 2.06. The normalized spacial score (nSPS) is 12.4. The molecule has 1 unspecified atom stereocenters. The molecule has 1 atom stereocenters. The zero-order valence-corrected chi connectivity index (χ0v) is 10.1. The summed E-state index contributed by atoms with van der Waals surface area (Å²) in [4.78, 5) is 0. The Labute approximate surface area is 103 Å². The molecule has 1 nitrogen and oxygen atoms in total. The fourth-order valence-electron chi connectivity index (χ4n) is 1.93. The second kappa shape index (κ2) is 5.65. The summed E-state index contributed by atoms with van der Waals surface area (Å²) < 4.78 is 0. The molecule has 0 aliphatic rings. The van der Waals surface area contributed by atoms with Crippen LogP contribution >= 0.6 is 0 Å². The highest BCUT2D eigenvalue weighted by Crippen LogP contribution is 2.18. The smallest absolute Gasteiger partial charge is 0.0830 e. The Hall–Kier alpha value is -1.60. The van der Waals surface area contributed by atoms with Crippen LogP contribution in [0, 0.1) is 0 Å². The molecule has 0 heterocycles. The average Bonchev–Trinajstić information content (AvgIpc) is 2.40. The van der Waals surface area contributed by atoms with E-state index < -0.39 is 6.10 Å². The Bertz CT molecular complexity index is 445. The molecule has 0 aliphatic carbocycles. The highest BCUT2D eigenvalue weighted by molar-refractivity contribution is 5.26. The molecular formula is C16H18O. The van der Waals surface area contributed by atoms with E-state index >= 15 is 0 Å². The fraction of sp³-hybridized carbons (Fsp3) is 0.250. The first-order chi connectivity index (χ1) is 8.29. The maximum absolute atomic E-state index is 10.1. The molecule has 2 aromatic rings. The van der Waals surface area contributed by atoms with Crippen molar-refractivity contribution in [1.82, 2.24) is 0 Å². The number of aryl methyl sites for hydroxylation is 1. The lowest BCUT2D eigenvalue weighted by molar-refractivity contribution is 0.178. The topological polar surface area (TPSA) is 20.2 Å². The van der Waals surface area contributed by atoms with Crippen molar-refractivity contribution in [3.63, 3.8) is 0 Å². The molecule has 0 saturated heterocycles. The van der Waals surface area contributed by atoms with Crippen LogP contribution in [0.1, 0.15) is 29.7 Å². The number of aliphatic hydroxyl groups excluding tert-OH is 1. The average molecular weight is 226 g/mol. The molecular weight excluding hydrogens is 208 g/mol. The number of hydrogen-bond acceptors (Lipinski definition) is 1. The third-order valence-corrected chi connectivity index (χ3v) is 3.04. The second-order valence-electron chi connectivity index (χ2n) is 4.30. The van der Waals surface area contributed by atoms with E-state index in [9.17, 15) is 5.11 Å². The van der Waals surface area contributed by atoms with Gasteiger partial charge in [0.2, 0.25) is 0 Å². The van der Waals surface area contributed by atoms with Gasteiger partial charge in [-0.05, 0) is 23.1 Å². The third-order valence-electron chi connectivity index (χ3n) is 3.04. The highest BCUT2D eigenvalue weighted by atomic mass is 16.3. The maximum Gasteiger partial charge on any atom is 0.0830 e. The van der Waals surface area contributed by atoms with Gasteiger partial charge in [-0.15, -0.1) is 0 Å². The SMILES string of the molecule is CCc1ccc(C(O)Cc2ccccc2)cc1. The first-order valence-corrected chi connectivity index (χ1v) is 6.10. The van der Waals surface area contributed by atoms with Gasteiger partial charge in [0.1, 0.15) is 0 Å². The minimum absolute atomic E-state index is 0.414. The summed E-state index contributed by atoms with van der Waals surface area (Å²) in [5.41, 5.74) is 3.46. The molecule has 0 fully saturated rings. The van der Waals surface area contributed by atoms with Crippen LogP contribution in [-0.4, -0.2) is 5.11 Å². The van der Waals surface area contributed by atoms with Crippen molar-refractivity contribution in [3.8, 4) is 0 Å². The van der Waals surface area contributed by atoms with Gasteiger partial charge in [-0.1, -0.05) is 61.5 Å². The van der Waals surface area contributed by atoms with Crippen molar-refractivity contribution >= 4 is 0 Å². The lowest BCUT2D eigenvalue weighted by atomic mass is 10.00. The molecule has 0 aromatic heterocycles. The summed E-state index contributed by atoms with van der Waals surface area (Å²) in [5.74, 6) is 0. The minimum atomic E-state index is -0.414. The van der Waals surface area contributed by atoms with Gasteiger partial charge in [0.15, 0.2) is 0 Å². The van der Waals surface area contributed by atoms with E-state index in [1.54, 1.807) is 0 Å². The largest absolute Gasteiger partial charge is 0.388 e. The maximum atomic E-state index is 10.1. The molecule has 0 saturated carbocycles. The first-order valence-electron chi connectivity index (χ1n) is 6.10. The molecule has 0 bridgehead atoms. The Kier molecular flexibility index (Phi) is 3.94. The summed E-state index contributed by atoms with van der Waals surface area (Å²) in [6, 6.07) is 18.3. The van der Waals surface area contributed by atoms with Crippen molar-refractivity contribution in [2.75, 3.05) is 0 Å². The van der Waals surface area contributed by atoms with Crippen molar-refractivity contribution in [2.24, 2.45) is 0 Å². The monoisotopic (exact) mass is 226 g/mol. The van der Waals surface area contributed by atoms with Crippen LogP contribution in [0.25, 0.3) is 0 Å². The minimum Gasteiger partial charge on any atom is -0.388 e. The second-order valence-corrected chi connectivity index (χ2v) is 4.30. The zero-order valence-electron chi connectivity index (χ0n) is 10.1. The number of benzene rings is 2. The summed E-state index contributed by atoms with van der Waals surface area (Å²) in [7, 11) is 0. The first kappa shape index (κ1) is 11.9. The molecule has 17 heavy (non-hydrogen) atoms. The van der Waals surface area contributed by atoms with Gasteiger partial charge < -0.3 is 5.11 Å².